The molecule has 2 nitrogen and oxygen atoms in total. The standard InChI is InChI=1S/C7H16N2S/c1-6(8-2)7-5-10-4-3-9-7/h6-9H,3-5H2,1-2H3. The SMILES string of the molecule is CNC(C)C1CSCCN1. The molecule has 2 N–H and O–H groups in total. The minimum Gasteiger partial charge on any atom is -0.316 e. The van der Waals surface area contributed by atoms with Crippen molar-refractivity contribution < 1.29 is 0 Å². The summed E-state index contributed by atoms with van der Waals surface area (Å²) in [6.45, 7) is 3.39. The van der Waals surface area contributed by atoms with E-state index < -0.39 is 0 Å². The minimum absolute atomic E-state index is 0.604. The summed E-state index contributed by atoms with van der Waals surface area (Å²) in [4.78, 5) is 0. The molecule has 1 rings (SSSR count). The zero-order chi connectivity index (χ0) is 7.40. The quantitative estimate of drug-likeness (QED) is 0.607. The fourth-order valence-electron chi connectivity index (χ4n) is 1.11. The van der Waals surface area contributed by atoms with Crippen LogP contribution in [0.5, 0.6) is 0 Å². The van der Waals surface area contributed by atoms with Gasteiger partial charge in [0.15, 0.2) is 0 Å². The van der Waals surface area contributed by atoms with Crippen LogP contribution in [-0.2, 0) is 0 Å². The molecule has 2 unspecified atom stereocenters. The highest BCUT2D eigenvalue weighted by atomic mass is 32.2. The van der Waals surface area contributed by atoms with Crippen molar-refractivity contribution in [2.24, 2.45) is 0 Å². The van der Waals surface area contributed by atoms with E-state index in [2.05, 4.69) is 17.6 Å². The predicted molar refractivity (Wildman–Crippen MR) is 47.6 cm³/mol. The summed E-state index contributed by atoms with van der Waals surface area (Å²) < 4.78 is 0. The Hall–Kier alpha value is 0.270. The molecular formula is C7H16N2S. The lowest BCUT2D eigenvalue weighted by molar-refractivity contribution is 0.441. The molecule has 2 atom stereocenters. The van der Waals surface area contributed by atoms with Gasteiger partial charge in [0, 0.05) is 30.1 Å². The van der Waals surface area contributed by atoms with Crippen LogP contribution in [0, 0.1) is 0 Å². The van der Waals surface area contributed by atoms with E-state index in [4.69, 9.17) is 0 Å². The highest BCUT2D eigenvalue weighted by Crippen LogP contribution is 2.09. The normalized spacial score (nSPS) is 30.0. The lowest BCUT2D eigenvalue weighted by atomic mass is 10.2. The third-order valence-corrected chi connectivity index (χ3v) is 3.10. The smallest absolute Gasteiger partial charge is 0.0309 e. The summed E-state index contributed by atoms with van der Waals surface area (Å²) in [6, 6.07) is 1.27. The van der Waals surface area contributed by atoms with E-state index >= 15 is 0 Å². The Kier molecular flexibility index (Phi) is 3.52. The van der Waals surface area contributed by atoms with Gasteiger partial charge in [0.05, 0.1) is 0 Å². The van der Waals surface area contributed by atoms with Crippen LogP contribution in [0.3, 0.4) is 0 Å². The van der Waals surface area contributed by atoms with Crippen molar-refractivity contribution >= 4 is 11.8 Å². The van der Waals surface area contributed by atoms with Gasteiger partial charge in [-0.25, -0.2) is 0 Å². The molecule has 0 saturated carbocycles. The van der Waals surface area contributed by atoms with Crippen LogP contribution in [0.15, 0.2) is 0 Å². The first-order chi connectivity index (χ1) is 4.84. The maximum atomic E-state index is 3.49. The fourth-order valence-corrected chi connectivity index (χ4v) is 2.20. The van der Waals surface area contributed by atoms with Crippen molar-refractivity contribution in [3.8, 4) is 0 Å². The van der Waals surface area contributed by atoms with E-state index in [-0.39, 0.29) is 0 Å². The maximum absolute atomic E-state index is 3.49. The largest absolute Gasteiger partial charge is 0.316 e. The van der Waals surface area contributed by atoms with Crippen molar-refractivity contribution in [1.29, 1.82) is 0 Å². The fraction of sp³-hybridized carbons (Fsp3) is 1.00. The monoisotopic (exact) mass is 160 g/mol. The first kappa shape index (κ1) is 8.37. The van der Waals surface area contributed by atoms with Crippen LogP contribution >= 0.6 is 11.8 Å². The first-order valence-electron chi connectivity index (χ1n) is 3.83. The van der Waals surface area contributed by atoms with E-state index in [9.17, 15) is 0 Å². The lowest BCUT2D eigenvalue weighted by Crippen LogP contribution is -2.49. The second-order valence-electron chi connectivity index (χ2n) is 2.71. The van der Waals surface area contributed by atoms with Gasteiger partial charge in [-0.1, -0.05) is 0 Å². The summed E-state index contributed by atoms with van der Waals surface area (Å²) >= 11 is 2.04. The molecule has 1 aliphatic heterocycles. The molecule has 60 valence electrons. The molecule has 1 fully saturated rings. The van der Waals surface area contributed by atoms with Crippen molar-refractivity contribution in [2.75, 3.05) is 25.1 Å². The molecule has 1 heterocycles. The summed E-state index contributed by atoms with van der Waals surface area (Å²) in [6.07, 6.45) is 0. The van der Waals surface area contributed by atoms with Gasteiger partial charge in [-0.2, -0.15) is 11.8 Å². The minimum atomic E-state index is 0.604. The molecule has 1 aliphatic rings. The highest BCUT2D eigenvalue weighted by molar-refractivity contribution is 7.99. The van der Waals surface area contributed by atoms with Crippen LogP contribution in [0.1, 0.15) is 6.92 Å². The summed E-state index contributed by atoms with van der Waals surface area (Å²) in [5.74, 6) is 2.52. The van der Waals surface area contributed by atoms with Crippen molar-refractivity contribution in [2.45, 2.75) is 19.0 Å². The molecular weight excluding hydrogens is 144 g/mol. The van der Waals surface area contributed by atoms with Gasteiger partial charge < -0.3 is 10.6 Å². The first-order valence-corrected chi connectivity index (χ1v) is 4.98. The van der Waals surface area contributed by atoms with E-state index in [0.717, 1.165) is 0 Å². The van der Waals surface area contributed by atoms with E-state index in [1.54, 1.807) is 0 Å². The third kappa shape index (κ3) is 2.15. The van der Waals surface area contributed by atoms with Gasteiger partial charge in [0.2, 0.25) is 0 Å². The summed E-state index contributed by atoms with van der Waals surface area (Å²) in [5.41, 5.74) is 0. The number of likely N-dealkylation sites (N-methyl/N-ethyl adjacent to an activating group) is 1. The molecule has 0 aromatic carbocycles. The Bertz CT molecular complexity index is 91.6. The third-order valence-electron chi connectivity index (χ3n) is 2.01. The molecule has 0 aliphatic carbocycles. The zero-order valence-electron chi connectivity index (χ0n) is 6.68. The van der Waals surface area contributed by atoms with Crippen LogP contribution in [0.25, 0.3) is 0 Å². The van der Waals surface area contributed by atoms with Gasteiger partial charge in [-0.15, -0.1) is 0 Å². The van der Waals surface area contributed by atoms with Gasteiger partial charge >= 0.3 is 0 Å². The molecule has 0 amide bonds. The molecule has 1 saturated heterocycles. The van der Waals surface area contributed by atoms with Crippen LogP contribution in [0.4, 0.5) is 0 Å². The van der Waals surface area contributed by atoms with Gasteiger partial charge in [0.1, 0.15) is 0 Å². The van der Waals surface area contributed by atoms with Crippen LogP contribution in [0.2, 0.25) is 0 Å². The number of thioether (sulfide) groups is 1. The Morgan fingerprint density at radius 1 is 1.70 bits per heavy atom. The van der Waals surface area contributed by atoms with Crippen molar-refractivity contribution in [1.82, 2.24) is 10.6 Å². The Labute approximate surface area is 67.1 Å². The average Bonchev–Trinajstić information content (AvgIpc) is 2.05. The number of hydrogen-bond acceptors (Lipinski definition) is 3. The Morgan fingerprint density at radius 2 is 2.50 bits per heavy atom. The average molecular weight is 160 g/mol. The lowest BCUT2D eigenvalue weighted by Gasteiger charge is -2.28. The number of hydrogen-bond donors (Lipinski definition) is 2. The molecule has 3 heteroatoms. The Balaban J connectivity index is 2.24. The predicted octanol–water partition coefficient (Wildman–Crippen LogP) is 0.299. The van der Waals surface area contributed by atoms with E-state index in [1.165, 1.54) is 18.1 Å². The van der Waals surface area contributed by atoms with Crippen LogP contribution in [-0.4, -0.2) is 37.2 Å². The van der Waals surface area contributed by atoms with Crippen molar-refractivity contribution in [3.63, 3.8) is 0 Å². The second-order valence-corrected chi connectivity index (χ2v) is 3.86. The maximum Gasteiger partial charge on any atom is 0.0309 e. The molecule has 0 bridgehead atoms. The highest BCUT2D eigenvalue weighted by Gasteiger charge is 2.17. The second kappa shape index (κ2) is 4.21. The van der Waals surface area contributed by atoms with Gasteiger partial charge in [0.25, 0.3) is 0 Å². The Morgan fingerprint density at radius 3 is 3.00 bits per heavy atom. The van der Waals surface area contributed by atoms with Gasteiger partial charge in [-0.05, 0) is 14.0 Å². The zero-order valence-corrected chi connectivity index (χ0v) is 7.50. The summed E-state index contributed by atoms with van der Waals surface area (Å²) in [5, 5.41) is 6.75. The molecule has 0 spiro atoms. The van der Waals surface area contributed by atoms with Crippen LogP contribution < -0.4 is 10.6 Å². The van der Waals surface area contributed by atoms with Gasteiger partial charge in [-0.3, -0.25) is 0 Å². The summed E-state index contributed by atoms with van der Waals surface area (Å²) in [7, 11) is 2.02. The van der Waals surface area contributed by atoms with Crippen molar-refractivity contribution in [3.05, 3.63) is 0 Å². The number of rotatable bonds is 2. The molecule has 0 aromatic heterocycles. The van der Waals surface area contributed by atoms with E-state index in [0.29, 0.717) is 12.1 Å². The number of nitrogens with one attached hydrogen (secondary N) is 2. The molecule has 0 radical (unpaired) electrons. The molecule has 0 aromatic rings. The van der Waals surface area contributed by atoms with E-state index in [1.807, 2.05) is 18.8 Å². The topological polar surface area (TPSA) is 24.1 Å². The molecule has 10 heavy (non-hydrogen) atoms.